The zero-order valence-electron chi connectivity index (χ0n) is 8.77. The van der Waals surface area contributed by atoms with Crippen molar-refractivity contribution in [2.24, 2.45) is 0 Å². The number of benzene rings is 1. The molecule has 14 heavy (non-hydrogen) atoms. The second-order valence-electron chi connectivity index (χ2n) is 4.11. The number of aliphatic hydroxyl groups excluding tert-OH is 1. The Morgan fingerprint density at radius 3 is 2.29 bits per heavy atom. The van der Waals surface area contributed by atoms with Crippen molar-refractivity contribution in [1.29, 1.82) is 0 Å². The van der Waals surface area contributed by atoms with Crippen molar-refractivity contribution in [3.8, 4) is 0 Å². The largest absolute Gasteiger partial charge is 0.389 e. The van der Waals surface area contributed by atoms with Gasteiger partial charge in [-0.05, 0) is 37.5 Å². The molecule has 1 N–H and O–H groups in total. The molecule has 0 amide bonds. The first-order valence-corrected chi connectivity index (χ1v) is 5.19. The average Bonchev–Trinajstić information content (AvgIpc) is 3.00. The van der Waals surface area contributed by atoms with E-state index in [-0.39, 0.29) is 6.10 Å². The summed E-state index contributed by atoms with van der Waals surface area (Å²) in [5.41, 5.74) is 2.23. The first-order valence-electron chi connectivity index (χ1n) is 5.19. The summed E-state index contributed by atoms with van der Waals surface area (Å²) in [6, 6.07) is 8.91. The molecule has 76 valence electrons. The summed E-state index contributed by atoms with van der Waals surface area (Å²) in [4.78, 5) is 2.31. The lowest BCUT2D eigenvalue weighted by molar-refractivity contribution is 0.199. The molecule has 0 spiro atoms. The Morgan fingerprint density at radius 1 is 1.29 bits per heavy atom. The summed E-state index contributed by atoms with van der Waals surface area (Å²) in [6.07, 6.45) is 2.26. The number of rotatable bonds is 3. The van der Waals surface area contributed by atoms with Crippen LogP contribution < -0.4 is 4.90 Å². The second kappa shape index (κ2) is 3.62. The highest BCUT2D eigenvalue weighted by molar-refractivity contribution is 5.49. The number of hydrogen-bond donors (Lipinski definition) is 1. The van der Waals surface area contributed by atoms with Gasteiger partial charge in [0.2, 0.25) is 0 Å². The molecule has 1 fully saturated rings. The van der Waals surface area contributed by atoms with Crippen LogP contribution in [0.2, 0.25) is 0 Å². The van der Waals surface area contributed by atoms with E-state index >= 15 is 0 Å². The first kappa shape index (κ1) is 9.53. The quantitative estimate of drug-likeness (QED) is 0.792. The van der Waals surface area contributed by atoms with Gasteiger partial charge < -0.3 is 10.0 Å². The van der Waals surface area contributed by atoms with Gasteiger partial charge in [0, 0.05) is 18.8 Å². The molecular formula is C12H17NO. The minimum atomic E-state index is -0.365. The number of aliphatic hydroxyl groups is 1. The van der Waals surface area contributed by atoms with E-state index in [1.54, 1.807) is 6.92 Å². The SMILES string of the molecule is C[C@H](O)c1ccc(N(C)C2CC2)cc1. The Bertz CT molecular complexity index is 301. The third kappa shape index (κ3) is 1.90. The van der Waals surface area contributed by atoms with Gasteiger partial charge in [-0.3, -0.25) is 0 Å². The number of anilines is 1. The predicted octanol–water partition coefficient (Wildman–Crippen LogP) is 2.34. The summed E-state index contributed by atoms with van der Waals surface area (Å²) in [5.74, 6) is 0. The molecule has 1 aromatic rings. The highest BCUT2D eigenvalue weighted by atomic mass is 16.3. The van der Waals surface area contributed by atoms with Gasteiger partial charge in [-0.25, -0.2) is 0 Å². The molecule has 2 rings (SSSR count). The molecular weight excluding hydrogens is 174 g/mol. The Morgan fingerprint density at radius 2 is 1.86 bits per heavy atom. The standard InChI is InChI=1S/C12H17NO/c1-9(14)10-3-5-11(6-4-10)13(2)12-7-8-12/h3-6,9,12,14H,7-8H2,1-2H3/t9-/m0/s1. The lowest BCUT2D eigenvalue weighted by Crippen LogP contribution is -2.19. The fraction of sp³-hybridized carbons (Fsp3) is 0.500. The summed E-state index contributed by atoms with van der Waals surface area (Å²) in [6.45, 7) is 1.79. The van der Waals surface area contributed by atoms with Gasteiger partial charge in [-0.1, -0.05) is 12.1 Å². The molecule has 1 aromatic carbocycles. The fourth-order valence-electron chi connectivity index (χ4n) is 1.66. The molecule has 0 heterocycles. The van der Waals surface area contributed by atoms with Crippen molar-refractivity contribution in [3.05, 3.63) is 29.8 Å². The smallest absolute Gasteiger partial charge is 0.0761 e. The van der Waals surface area contributed by atoms with E-state index in [1.165, 1.54) is 18.5 Å². The lowest BCUT2D eigenvalue weighted by Gasteiger charge is -2.19. The van der Waals surface area contributed by atoms with Crippen LogP contribution in [-0.2, 0) is 0 Å². The van der Waals surface area contributed by atoms with Crippen molar-refractivity contribution < 1.29 is 5.11 Å². The monoisotopic (exact) mass is 191 g/mol. The molecule has 0 unspecified atom stereocenters. The van der Waals surface area contributed by atoms with Crippen molar-refractivity contribution in [2.45, 2.75) is 31.9 Å². The maximum Gasteiger partial charge on any atom is 0.0761 e. The molecule has 0 aromatic heterocycles. The highest BCUT2D eigenvalue weighted by Crippen LogP contribution is 2.30. The third-order valence-corrected chi connectivity index (χ3v) is 2.88. The van der Waals surface area contributed by atoms with Crippen LogP contribution in [0.5, 0.6) is 0 Å². The van der Waals surface area contributed by atoms with Crippen LogP contribution in [0, 0.1) is 0 Å². The van der Waals surface area contributed by atoms with Crippen LogP contribution in [0.15, 0.2) is 24.3 Å². The summed E-state index contributed by atoms with van der Waals surface area (Å²) >= 11 is 0. The predicted molar refractivity (Wildman–Crippen MR) is 58.5 cm³/mol. The van der Waals surface area contributed by atoms with Gasteiger partial charge in [-0.15, -0.1) is 0 Å². The first-order chi connectivity index (χ1) is 6.68. The van der Waals surface area contributed by atoms with E-state index in [4.69, 9.17) is 0 Å². The van der Waals surface area contributed by atoms with E-state index in [9.17, 15) is 5.11 Å². The fourth-order valence-corrected chi connectivity index (χ4v) is 1.66. The summed E-state index contributed by atoms with van der Waals surface area (Å²) in [5, 5.41) is 9.36. The zero-order chi connectivity index (χ0) is 10.1. The molecule has 0 radical (unpaired) electrons. The third-order valence-electron chi connectivity index (χ3n) is 2.88. The van der Waals surface area contributed by atoms with E-state index < -0.39 is 0 Å². The van der Waals surface area contributed by atoms with Crippen LogP contribution in [0.4, 0.5) is 5.69 Å². The molecule has 0 saturated heterocycles. The van der Waals surface area contributed by atoms with Gasteiger partial charge >= 0.3 is 0 Å². The topological polar surface area (TPSA) is 23.5 Å². The highest BCUT2D eigenvalue weighted by Gasteiger charge is 2.26. The van der Waals surface area contributed by atoms with Crippen LogP contribution >= 0.6 is 0 Å². The molecule has 1 atom stereocenters. The summed E-state index contributed by atoms with van der Waals surface area (Å²) in [7, 11) is 2.13. The Balaban J connectivity index is 2.12. The maximum absolute atomic E-state index is 9.36. The van der Waals surface area contributed by atoms with Crippen molar-refractivity contribution in [3.63, 3.8) is 0 Å². The minimum Gasteiger partial charge on any atom is -0.389 e. The van der Waals surface area contributed by atoms with E-state index in [2.05, 4.69) is 24.1 Å². The molecule has 1 aliphatic carbocycles. The van der Waals surface area contributed by atoms with Crippen molar-refractivity contribution >= 4 is 5.69 Å². The lowest BCUT2D eigenvalue weighted by atomic mass is 10.1. The van der Waals surface area contributed by atoms with E-state index in [0.29, 0.717) is 0 Å². The Hall–Kier alpha value is -1.02. The maximum atomic E-state index is 9.36. The van der Waals surface area contributed by atoms with Crippen LogP contribution in [-0.4, -0.2) is 18.2 Å². The van der Waals surface area contributed by atoms with Gasteiger partial charge in [0.15, 0.2) is 0 Å². The normalized spacial score (nSPS) is 17.9. The Kier molecular flexibility index (Phi) is 2.46. The number of hydrogen-bond acceptors (Lipinski definition) is 2. The molecule has 0 aliphatic heterocycles. The van der Waals surface area contributed by atoms with E-state index in [0.717, 1.165) is 11.6 Å². The molecule has 2 heteroatoms. The molecule has 1 saturated carbocycles. The van der Waals surface area contributed by atoms with Gasteiger partial charge in [0.05, 0.1) is 6.10 Å². The Labute approximate surface area is 85.2 Å². The van der Waals surface area contributed by atoms with Gasteiger partial charge in [0.25, 0.3) is 0 Å². The van der Waals surface area contributed by atoms with Gasteiger partial charge in [-0.2, -0.15) is 0 Å². The molecule has 2 nitrogen and oxygen atoms in total. The van der Waals surface area contributed by atoms with Crippen LogP contribution in [0.1, 0.15) is 31.4 Å². The second-order valence-corrected chi connectivity index (χ2v) is 4.11. The summed E-state index contributed by atoms with van der Waals surface area (Å²) < 4.78 is 0. The van der Waals surface area contributed by atoms with Crippen LogP contribution in [0.25, 0.3) is 0 Å². The van der Waals surface area contributed by atoms with Crippen LogP contribution in [0.3, 0.4) is 0 Å². The van der Waals surface area contributed by atoms with Gasteiger partial charge in [0.1, 0.15) is 0 Å². The minimum absolute atomic E-state index is 0.365. The van der Waals surface area contributed by atoms with E-state index in [1.807, 2.05) is 12.1 Å². The number of nitrogens with zero attached hydrogens (tertiary/aromatic N) is 1. The van der Waals surface area contributed by atoms with Crippen molar-refractivity contribution in [1.82, 2.24) is 0 Å². The molecule has 0 bridgehead atoms. The average molecular weight is 191 g/mol. The zero-order valence-corrected chi connectivity index (χ0v) is 8.77. The molecule has 1 aliphatic rings. The van der Waals surface area contributed by atoms with Crippen molar-refractivity contribution in [2.75, 3.05) is 11.9 Å².